The lowest BCUT2D eigenvalue weighted by atomic mass is 10.1. The molecule has 1 aliphatic heterocycles. The van der Waals surface area contributed by atoms with Gasteiger partial charge < -0.3 is 10.0 Å². The van der Waals surface area contributed by atoms with Crippen molar-refractivity contribution >= 4 is 5.91 Å². The molecule has 1 aromatic rings. The van der Waals surface area contributed by atoms with Crippen LogP contribution in [0.2, 0.25) is 0 Å². The van der Waals surface area contributed by atoms with E-state index >= 15 is 0 Å². The Balaban J connectivity index is 1.51. The van der Waals surface area contributed by atoms with E-state index in [-0.39, 0.29) is 12.0 Å². The second-order valence-corrected chi connectivity index (χ2v) is 6.37. The Morgan fingerprint density at radius 3 is 2.62 bits per heavy atom. The Morgan fingerprint density at radius 1 is 1.29 bits per heavy atom. The minimum Gasteiger partial charge on any atom is -0.392 e. The monoisotopic (exact) mass is 288 g/mol. The largest absolute Gasteiger partial charge is 0.392 e. The summed E-state index contributed by atoms with van der Waals surface area (Å²) in [7, 11) is 0. The highest BCUT2D eigenvalue weighted by Crippen LogP contribution is 2.32. The van der Waals surface area contributed by atoms with Gasteiger partial charge in [-0.2, -0.15) is 0 Å². The van der Waals surface area contributed by atoms with Crippen LogP contribution in [0.4, 0.5) is 0 Å². The molecule has 21 heavy (non-hydrogen) atoms. The number of nitrogens with zero attached hydrogens (tertiary/aromatic N) is 2. The molecule has 1 saturated heterocycles. The van der Waals surface area contributed by atoms with Crippen LogP contribution >= 0.6 is 0 Å². The molecule has 0 radical (unpaired) electrons. The van der Waals surface area contributed by atoms with Gasteiger partial charge in [-0.15, -0.1) is 0 Å². The molecule has 4 heteroatoms. The fraction of sp³-hybridized carbons (Fsp3) is 0.588. The van der Waals surface area contributed by atoms with Crippen molar-refractivity contribution in [2.24, 2.45) is 5.92 Å². The first-order valence-corrected chi connectivity index (χ1v) is 7.90. The molecule has 2 aliphatic rings. The number of hydrogen-bond donors (Lipinski definition) is 1. The van der Waals surface area contributed by atoms with Crippen molar-refractivity contribution in [1.82, 2.24) is 9.80 Å². The number of amides is 1. The van der Waals surface area contributed by atoms with Gasteiger partial charge in [-0.05, 0) is 37.8 Å². The van der Waals surface area contributed by atoms with Crippen LogP contribution in [0.25, 0.3) is 0 Å². The highest BCUT2D eigenvalue weighted by atomic mass is 16.3. The van der Waals surface area contributed by atoms with Crippen molar-refractivity contribution in [3.05, 3.63) is 35.4 Å². The maximum absolute atomic E-state index is 12.5. The number of hydrogen-bond acceptors (Lipinski definition) is 3. The molecular weight excluding hydrogens is 264 g/mol. The molecule has 4 nitrogen and oxygen atoms in total. The molecule has 1 N–H and O–H groups in total. The summed E-state index contributed by atoms with van der Waals surface area (Å²) in [4.78, 5) is 16.7. The maximum Gasteiger partial charge on any atom is 0.253 e. The van der Waals surface area contributed by atoms with Gasteiger partial charge in [0.15, 0.2) is 0 Å². The van der Waals surface area contributed by atoms with E-state index in [1.807, 2.05) is 36.1 Å². The summed E-state index contributed by atoms with van der Waals surface area (Å²) in [6, 6.07) is 7.78. The van der Waals surface area contributed by atoms with E-state index in [0.717, 1.165) is 43.9 Å². The molecule has 0 aromatic heterocycles. The highest BCUT2D eigenvalue weighted by Gasteiger charge is 2.32. The van der Waals surface area contributed by atoms with E-state index in [1.165, 1.54) is 12.8 Å². The van der Waals surface area contributed by atoms with Crippen molar-refractivity contribution in [1.29, 1.82) is 0 Å². The van der Waals surface area contributed by atoms with E-state index in [4.69, 9.17) is 0 Å². The number of benzene rings is 1. The number of piperazine rings is 1. The van der Waals surface area contributed by atoms with Gasteiger partial charge in [-0.3, -0.25) is 9.69 Å². The zero-order valence-electron chi connectivity index (χ0n) is 12.7. The van der Waals surface area contributed by atoms with Crippen LogP contribution in [0.15, 0.2) is 24.3 Å². The zero-order valence-corrected chi connectivity index (χ0v) is 12.7. The van der Waals surface area contributed by atoms with Crippen molar-refractivity contribution in [2.45, 2.75) is 25.9 Å². The van der Waals surface area contributed by atoms with Crippen LogP contribution in [0, 0.1) is 12.8 Å². The van der Waals surface area contributed by atoms with Crippen molar-refractivity contribution in [3.8, 4) is 0 Å². The summed E-state index contributed by atoms with van der Waals surface area (Å²) in [5.74, 6) is 0.651. The topological polar surface area (TPSA) is 43.8 Å². The lowest BCUT2D eigenvalue weighted by molar-refractivity contribution is 0.0488. The van der Waals surface area contributed by atoms with Gasteiger partial charge in [0.1, 0.15) is 0 Å². The number of rotatable bonds is 4. The summed E-state index contributed by atoms with van der Waals surface area (Å²) in [5, 5.41) is 10.0. The van der Waals surface area contributed by atoms with Crippen LogP contribution < -0.4 is 0 Å². The quantitative estimate of drug-likeness (QED) is 0.913. The first-order valence-electron chi connectivity index (χ1n) is 7.90. The first-order chi connectivity index (χ1) is 10.1. The molecule has 0 unspecified atom stereocenters. The van der Waals surface area contributed by atoms with Crippen molar-refractivity contribution in [2.75, 3.05) is 32.7 Å². The second kappa shape index (κ2) is 6.16. The number of β-amino-alcohol motifs (C(OH)–C–C–N with tert-alkyl or cyclic N) is 1. The van der Waals surface area contributed by atoms with Gasteiger partial charge in [-0.25, -0.2) is 0 Å². The Morgan fingerprint density at radius 2 is 2.00 bits per heavy atom. The number of aryl methyl sites for hydroxylation is 1. The SMILES string of the molecule is Cc1cccc(C(=O)N2CCN(C[C@H](O)C3CC3)CC2)c1. The van der Waals surface area contributed by atoms with Crippen LogP contribution in [0.3, 0.4) is 0 Å². The number of aliphatic hydroxyl groups excluding tert-OH is 1. The van der Waals surface area contributed by atoms with Crippen molar-refractivity contribution < 1.29 is 9.90 Å². The van der Waals surface area contributed by atoms with Crippen molar-refractivity contribution in [3.63, 3.8) is 0 Å². The van der Waals surface area contributed by atoms with E-state index in [1.54, 1.807) is 0 Å². The number of carbonyl (C=O) groups excluding carboxylic acids is 1. The number of carbonyl (C=O) groups is 1. The van der Waals surface area contributed by atoms with Crippen LogP contribution in [0.5, 0.6) is 0 Å². The molecule has 0 spiro atoms. The van der Waals surface area contributed by atoms with Crippen LogP contribution in [-0.4, -0.2) is 59.6 Å². The average Bonchev–Trinajstić information content (AvgIpc) is 3.32. The Hall–Kier alpha value is -1.39. The van der Waals surface area contributed by atoms with E-state index in [2.05, 4.69) is 4.90 Å². The van der Waals surface area contributed by atoms with E-state index in [9.17, 15) is 9.90 Å². The van der Waals surface area contributed by atoms with Gasteiger partial charge in [0.25, 0.3) is 5.91 Å². The molecule has 1 heterocycles. The number of aliphatic hydroxyl groups is 1. The molecule has 1 aromatic carbocycles. The Kier molecular flexibility index (Phi) is 4.27. The maximum atomic E-state index is 12.5. The van der Waals surface area contributed by atoms with Crippen LogP contribution in [0.1, 0.15) is 28.8 Å². The van der Waals surface area contributed by atoms with E-state index < -0.39 is 0 Å². The Bertz CT molecular complexity index is 505. The smallest absolute Gasteiger partial charge is 0.253 e. The summed E-state index contributed by atoms with van der Waals surface area (Å²) >= 11 is 0. The molecule has 0 bridgehead atoms. The third-order valence-corrected chi connectivity index (χ3v) is 4.54. The fourth-order valence-corrected chi connectivity index (χ4v) is 2.99. The average molecular weight is 288 g/mol. The molecule has 3 rings (SSSR count). The predicted molar refractivity (Wildman–Crippen MR) is 82.3 cm³/mol. The molecule has 1 aliphatic carbocycles. The molecule has 1 atom stereocenters. The van der Waals surface area contributed by atoms with Gasteiger partial charge in [0.2, 0.25) is 0 Å². The highest BCUT2D eigenvalue weighted by molar-refractivity contribution is 5.94. The molecular formula is C17H24N2O2. The second-order valence-electron chi connectivity index (χ2n) is 6.37. The minimum absolute atomic E-state index is 0.126. The summed E-state index contributed by atoms with van der Waals surface area (Å²) in [5.41, 5.74) is 1.90. The minimum atomic E-state index is -0.177. The van der Waals surface area contributed by atoms with Gasteiger partial charge >= 0.3 is 0 Å². The van der Waals surface area contributed by atoms with Crippen LogP contribution in [-0.2, 0) is 0 Å². The Labute approximate surface area is 126 Å². The molecule has 2 fully saturated rings. The van der Waals surface area contributed by atoms with Gasteiger partial charge in [0.05, 0.1) is 6.10 Å². The molecule has 114 valence electrons. The van der Waals surface area contributed by atoms with Gasteiger partial charge in [0, 0.05) is 38.3 Å². The fourth-order valence-electron chi connectivity index (χ4n) is 2.99. The normalized spacial score (nSPS) is 21.3. The third kappa shape index (κ3) is 3.63. The predicted octanol–water partition coefficient (Wildman–Crippen LogP) is 1.52. The molecule has 1 amide bonds. The first kappa shape index (κ1) is 14.5. The third-order valence-electron chi connectivity index (χ3n) is 4.54. The summed E-state index contributed by atoms with van der Waals surface area (Å²) in [6.07, 6.45) is 2.17. The summed E-state index contributed by atoms with van der Waals surface area (Å²) < 4.78 is 0. The lowest BCUT2D eigenvalue weighted by Crippen LogP contribution is -2.50. The zero-order chi connectivity index (χ0) is 14.8. The van der Waals surface area contributed by atoms with Gasteiger partial charge in [-0.1, -0.05) is 17.7 Å². The summed E-state index contributed by atoms with van der Waals surface area (Å²) in [6.45, 7) is 6.00. The molecule has 1 saturated carbocycles. The lowest BCUT2D eigenvalue weighted by Gasteiger charge is -2.35. The standard InChI is InChI=1S/C17H24N2O2/c1-13-3-2-4-15(11-13)17(21)19-9-7-18(8-10-19)12-16(20)14-5-6-14/h2-4,11,14,16,20H,5-10,12H2,1H3/t16-/m0/s1. The van der Waals surface area contributed by atoms with E-state index in [0.29, 0.717) is 5.92 Å².